The van der Waals surface area contributed by atoms with Gasteiger partial charge < -0.3 is 5.32 Å². The molecular weight excluding hydrogens is 215 g/mol. The second-order valence-electron chi connectivity index (χ2n) is 2.21. The number of thiazole rings is 1. The highest BCUT2D eigenvalue weighted by atomic mass is 35.5. The second kappa shape index (κ2) is 7.80. The summed E-state index contributed by atoms with van der Waals surface area (Å²) in [5.41, 5.74) is 3.08. The Morgan fingerprint density at radius 3 is 2.58 bits per heavy atom. The zero-order chi connectivity index (χ0) is 7.40. The molecule has 0 radical (unpaired) electrons. The lowest BCUT2D eigenvalue weighted by atomic mass is 10.3. The molecule has 1 heterocycles. The number of aryl methyl sites for hydroxylation is 1. The van der Waals surface area contributed by atoms with Crippen molar-refractivity contribution in [3.05, 3.63) is 16.1 Å². The first-order valence-corrected chi connectivity index (χ1v) is 4.26. The Kier molecular flexibility index (Phi) is 9.54. The van der Waals surface area contributed by atoms with Crippen molar-refractivity contribution in [2.45, 2.75) is 13.3 Å². The predicted molar refractivity (Wildman–Crippen MR) is 59.0 cm³/mol. The zero-order valence-corrected chi connectivity index (χ0v) is 9.61. The van der Waals surface area contributed by atoms with E-state index in [0.717, 1.165) is 13.0 Å². The molecule has 0 spiro atoms. The van der Waals surface area contributed by atoms with Gasteiger partial charge in [-0.05, 0) is 26.9 Å². The quantitative estimate of drug-likeness (QED) is 0.858. The summed E-state index contributed by atoms with van der Waals surface area (Å²) in [7, 11) is 1.97. The summed E-state index contributed by atoms with van der Waals surface area (Å²) in [6, 6.07) is 0. The molecule has 0 aliphatic carbocycles. The minimum absolute atomic E-state index is 0. The van der Waals surface area contributed by atoms with Gasteiger partial charge in [-0.15, -0.1) is 36.2 Å². The van der Waals surface area contributed by atoms with Crippen LogP contribution in [0.1, 0.15) is 10.6 Å². The van der Waals surface area contributed by atoms with E-state index in [0.29, 0.717) is 0 Å². The van der Waals surface area contributed by atoms with Crippen LogP contribution in [-0.4, -0.2) is 18.6 Å². The number of hydrogen-bond acceptors (Lipinski definition) is 3. The van der Waals surface area contributed by atoms with Crippen LogP contribution in [0.3, 0.4) is 0 Å². The molecule has 1 aromatic heterocycles. The Balaban J connectivity index is 0. The van der Waals surface area contributed by atoms with Crippen LogP contribution in [0, 0.1) is 6.92 Å². The monoisotopic (exact) mass is 228 g/mol. The van der Waals surface area contributed by atoms with Crippen molar-refractivity contribution in [3.8, 4) is 0 Å². The molecule has 1 N–H and O–H groups in total. The molecule has 0 aromatic carbocycles. The van der Waals surface area contributed by atoms with E-state index >= 15 is 0 Å². The number of halogens is 2. The summed E-state index contributed by atoms with van der Waals surface area (Å²) < 4.78 is 0. The number of rotatable bonds is 3. The first kappa shape index (κ1) is 14.7. The van der Waals surface area contributed by atoms with Gasteiger partial charge in [-0.25, -0.2) is 4.98 Å². The van der Waals surface area contributed by atoms with Crippen molar-refractivity contribution in [1.29, 1.82) is 0 Å². The van der Waals surface area contributed by atoms with E-state index in [1.807, 2.05) is 12.6 Å². The Morgan fingerprint density at radius 2 is 2.17 bits per heavy atom. The first-order valence-electron chi connectivity index (χ1n) is 3.38. The van der Waals surface area contributed by atoms with Crippen molar-refractivity contribution < 1.29 is 0 Å². The molecule has 12 heavy (non-hydrogen) atoms. The lowest BCUT2D eigenvalue weighted by molar-refractivity contribution is 0.795. The van der Waals surface area contributed by atoms with Gasteiger partial charge in [0.25, 0.3) is 0 Å². The van der Waals surface area contributed by atoms with Crippen molar-refractivity contribution in [1.82, 2.24) is 10.3 Å². The minimum Gasteiger partial charge on any atom is -0.319 e. The van der Waals surface area contributed by atoms with Crippen LogP contribution in [-0.2, 0) is 6.42 Å². The highest BCUT2D eigenvalue weighted by Crippen LogP contribution is 2.11. The summed E-state index contributed by atoms with van der Waals surface area (Å²) in [4.78, 5) is 5.56. The van der Waals surface area contributed by atoms with Crippen molar-refractivity contribution >= 4 is 36.2 Å². The molecule has 0 saturated carbocycles. The Bertz CT molecular complexity index is 203. The molecule has 2 nitrogen and oxygen atoms in total. The van der Waals surface area contributed by atoms with E-state index in [9.17, 15) is 0 Å². The van der Waals surface area contributed by atoms with Crippen molar-refractivity contribution in [2.24, 2.45) is 0 Å². The number of nitrogens with zero attached hydrogens (tertiary/aromatic N) is 1. The van der Waals surface area contributed by atoms with Crippen LogP contribution >= 0.6 is 36.2 Å². The van der Waals surface area contributed by atoms with E-state index in [1.54, 1.807) is 11.3 Å². The normalized spacial score (nSPS) is 8.50. The maximum atomic E-state index is 4.16. The van der Waals surface area contributed by atoms with Gasteiger partial charge in [-0.3, -0.25) is 0 Å². The van der Waals surface area contributed by atoms with E-state index in [-0.39, 0.29) is 24.8 Å². The van der Waals surface area contributed by atoms with Gasteiger partial charge in [0.1, 0.15) is 0 Å². The lowest BCUT2D eigenvalue weighted by Gasteiger charge is -1.95. The molecule has 0 unspecified atom stereocenters. The molecule has 72 valence electrons. The third kappa shape index (κ3) is 4.26. The summed E-state index contributed by atoms with van der Waals surface area (Å²) in [6.45, 7) is 3.10. The molecule has 0 amide bonds. The maximum absolute atomic E-state index is 4.16. The van der Waals surface area contributed by atoms with Gasteiger partial charge in [0.15, 0.2) is 0 Å². The van der Waals surface area contributed by atoms with E-state index in [1.165, 1.54) is 10.6 Å². The highest BCUT2D eigenvalue weighted by molar-refractivity contribution is 7.09. The predicted octanol–water partition coefficient (Wildman–Crippen LogP) is 2.06. The SMILES string of the molecule is CNCCc1scnc1C.Cl.Cl. The van der Waals surface area contributed by atoms with Crippen LogP contribution in [0.25, 0.3) is 0 Å². The van der Waals surface area contributed by atoms with Crippen LogP contribution in [0.4, 0.5) is 0 Å². The van der Waals surface area contributed by atoms with Crippen molar-refractivity contribution in [3.63, 3.8) is 0 Å². The Labute approximate surface area is 89.6 Å². The summed E-state index contributed by atoms with van der Waals surface area (Å²) in [5.74, 6) is 0. The smallest absolute Gasteiger partial charge is 0.0797 e. The van der Waals surface area contributed by atoms with Gasteiger partial charge in [0.05, 0.1) is 11.2 Å². The van der Waals surface area contributed by atoms with Crippen LogP contribution in [0.15, 0.2) is 5.51 Å². The molecule has 0 aliphatic heterocycles. The molecule has 1 aromatic rings. The van der Waals surface area contributed by atoms with Crippen LogP contribution in [0.2, 0.25) is 0 Å². The standard InChI is InChI=1S/C7H12N2S.2ClH/c1-6-7(3-4-8-2)10-5-9-6;;/h5,8H,3-4H2,1-2H3;2*1H. The largest absolute Gasteiger partial charge is 0.319 e. The molecular formula is C7H14Cl2N2S. The molecule has 1 rings (SSSR count). The maximum Gasteiger partial charge on any atom is 0.0797 e. The van der Waals surface area contributed by atoms with Crippen molar-refractivity contribution in [2.75, 3.05) is 13.6 Å². The summed E-state index contributed by atoms with van der Waals surface area (Å²) in [5, 5.41) is 3.11. The number of aromatic nitrogens is 1. The third-order valence-corrected chi connectivity index (χ3v) is 2.44. The molecule has 0 fully saturated rings. The molecule has 0 saturated heterocycles. The Hall–Kier alpha value is 0.170. The highest BCUT2D eigenvalue weighted by Gasteiger charge is 1.98. The zero-order valence-electron chi connectivity index (χ0n) is 7.16. The molecule has 0 bridgehead atoms. The number of likely N-dealkylation sites (N-methyl/N-ethyl adjacent to an activating group) is 1. The minimum atomic E-state index is 0. The fourth-order valence-electron chi connectivity index (χ4n) is 0.805. The van der Waals surface area contributed by atoms with E-state index in [2.05, 4.69) is 17.2 Å². The van der Waals surface area contributed by atoms with Gasteiger partial charge in [0.2, 0.25) is 0 Å². The van der Waals surface area contributed by atoms with E-state index in [4.69, 9.17) is 0 Å². The molecule has 0 aliphatic rings. The number of hydrogen-bond donors (Lipinski definition) is 1. The third-order valence-electron chi connectivity index (χ3n) is 1.45. The number of nitrogens with one attached hydrogen (secondary N) is 1. The van der Waals surface area contributed by atoms with E-state index < -0.39 is 0 Å². The van der Waals surface area contributed by atoms with Gasteiger partial charge >= 0.3 is 0 Å². The molecule has 5 heteroatoms. The Morgan fingerprint density at radius 1 is 1.50 bits per heavy atom. The summed E-state index contributed by atoms with van der Waals surface area (Å²) >= 11 is 1.74. The fourth-order valence-corrected chi connectivity index (χ4v) is 1.59. The van der Waals surface area contributed by atoms with Gasteiger partial charge in [-0.1, -0.05) is 0 Å². The van der Waals surface area contributed by atoms with Crippen LogP contribution in [0.5, 0.6) is 0 Å². The lowest BCUT2D eigenvalue weighted by Crippen LogP contribution is -2.09. The fraction of sp³-hybridized carbons (Fsp3) is 0.571. The summed E-state index contributed by atoms with van der Waals surface area (Å²) in [6.07, 6.45) is 1.10. The average molecular weight is 229 g/mol. The molecule has 0 atom stereocenters. The first-order chi connectivity index (χ1) is 4.84. The topological polar surface area (TPSA) is 24.9 Å². The van der Waals surface area contributed by atoms with Gasteiger partial charge in [-0.2, -0.15) is 0 Å². The average Bonchev–Trinajstić information content (AvgIpc) is 2.31. The van der Waals surface area contributed by atoms with Gasteiger partial charge in [0, 0.05) is 4.88 Å². The second-order valence-corrected chi connectivity index (χ2v) is 3.15. The van der Waals surface area contributed by atoms with Crippen LogP contribution < -0.4 is 5.32 Å².